The predicted molar refractivity (Wildman–Crippen MR) is 142 cm³/mol. The van der Waals surface area contributed by atoms with Gasteiger partial charge < -0.3 is 5.32 Å². The molecule has 5 rings (SSSR count). The molecule has 1 aromatic carbocycles. The normalized spacial score (nSPS) is 11.1. The number of carbonyl (C=O) groups excluding carboxylic acids is 1. The Morgan fingerprint density at radius 3 is 2.71 bits per heavy atom. The average molecular weight is 541 g/mol. The number of hydrogen-bond acceptors (Lipinski definition) is 9. The summed E-state index contributed by atoms with van der Waals surface area (Å²) >= 11 is 9.95. The van der Waals surface area contributed by atoms with Crippen molar-refractivity contribution in [1.29, 1.82) is 0 Å². The minimum absolute atomic E-state index is 0.0588. The molecule has 1 N–H and O–H groups in total. The van der Waals surface area contributed by atoms with Crippen molar-refractivity contribution in [3.8, 4) is 10.6 Å². The van der Waals surface area contributed by atoms with Gasteiger partial charge in [-0.15, -0.1) is 22.7 Å². The topological polar surface area (TPSA) is 103 Å². The van der Waals surface area contributed by atoms with Gasteiger partial charge in [0, 0.05) is 24.3 Å². The minimum Gasteiger partial charge on any atom is -0.301 e. The maximum atomic E-state index is 13.1. The molecule has 0 aliphatic carbocycles. The second-order valence-corrected chi connectivity index (χ2v) is 10.8. The Bertz CT molecular complexity index is 1550. The van der Waals surface area contributed by atoms with E-state index < -0.39 is 0 Å². The van der Waals surface area contributed by atoms with Crippen LogP contribution >= 0.6 is 46.0 Å². The highest BCUT2D eigenvalue weighted by Gasteiger charge is 2.16. The van der Waals surface area contributed by atoms with Crippen molar-refractivity contribution in [2.45, 2.75) is 18.1 Å². The van der Waals surface area contributed by atoms with E-state index in [0.29, 0.717) is 27.6 Å². The molecule has 0 saturated carbocycles. The molecule has 0 aliphatic heterocycles. The summed E-state index contributed by atoms with van der Waals surface area (Å²) in [5.41, 5.74) is 2.05. The number of hydrogen-bond donors (Lipinski definition) is 1. The molecule has 8 nitrogen and oxygen atoms in total. The summed E-state index contributed by atoms with van der Waals surface area (Å²) in [6.45, 7) is 0.408. The van der Waals surface area contributed by atoms with Gasteiger partial charge in [0.25, 0.3) is 5.56 Å². The van der Waals surface area contributed by atoms with Gasteiger partial charge in [-0.05, 0) is 24.1 Å². The van der Waals surface area contributed by atoms with Crippen LogP contribution in [-0.4, -0.2) is 36.2 Å². The first-order valence-electron chi connectivity index (χ1n) is 10.5. The highest BCUT2D eigenvalue weighted by molar-refractivity contribution is 7.99. The number of amides is 1. The molecule has 5 aromatic rings. The van der Waals surface area contributed by atoms with Crippen molar-refractivity contribution in [2.24, 2.45) is 0 Å². The molecule has 176 valence electrons. The van der Waals surface area contributed by atoms with E-state index in [4.69, 9.17) is 11.6 Å². The van der Waals surface area contributed by atoms with Gasteiger partial charge in [0.05, 0.1) is 20.7 Å². The van der Waals surface area contributed by atoms with Crippen LogP contribution < -0.4 is 10.9 Å². The Labute approximate surface area is 217 Å². The van der Waals surface area contributed by atoms with Gasteiger partial charge in [-0.1, -0.05) is 53.7 Å². The van der Waals surface area contributed by atoms with Crippen molar-refractivity contribution in [3.05, 3.63) is 80.5 Å². The number of halogens is 1. The Balaban J connectivity index is 1.32. The van der Waals surface area contributed by atoms with Crippen molar-refractivity contribution < 1.29 is 4.79 Å². The highest BCUT2D eigenvalue weighted by Crippen LogP contribution is 2.33. The summed E-state index contributed by atoms with van der Waals surface area (Å²) in [6, 6.07) is 13.6. The zero-order valence-corrected chi connectivity index (χ0v) is 21.3. The summed E-state index contributed by atoms with van der Waals surface area (Å²) in [7, 11) is 0. The third kappa shape index (κ3) is 5.59. The zero-order chi connectivity index (χ0) is 24.2. The lowest BCUT2D eigenvalue weighted by Crippen LogP contribution is -2.26. The van der Waals surface area contributed by atoms with E-state index in [9.17, 15) is 9.59 Å². The highest BCUT2D eigenvalue weighted by atomic mass is 35.5. The zero-order valence-electron chi connectivity index (χ0n) is 18.1. The van der Waals surface area contributed by atoms with Gasteiger partial charge in [0.1, 0.15) is 0 Å². The maximum absolute atomic E-state index is 13.1. The Hall–Kier alpha value is -3.12. The molecular weight excluding hydrogens is 524 g/mol. The van der Waals surface area contributed by atoms with Crippen molar-refractivity contribution in [1.82, 2.24) is 24.5 Å². The van der Waals surface area contributed by atoms with E-state index >= 15 is 0 Å². The molecule has 0 spiro atoms. The number of anilines is 1. The third-order valence-electron chi connectivity index (χ3n) is 4.93. The van der Waals surface area contributed by atoms with Crippen molar-refractivity contribution >= 4 is 68.2 Å². The molecule has 12 heteroatoms. The fourth-order valence-electron chi connectivity index (χ4n) is 3.30. The second kappa shape index (κ2) is 10.6. The molecule has 0 saturated heterocycles. The van der Waals surface area contributed by atoms with Crippen LogP contribution in [0.3, 0.4) is 0 Å². The van der Waals surface area contributed by atoms with E-state index in [1.165, 1.54) is 46.8 Å². The third-order valence-corrected chi connectivity index (χ3v) is 7.92. The van der Waals surface area contributed by atoms with Crippen LogP contribution in [0.15, 0.2) is 70.2 Å². The molecule has 0 bridgehead atoms. The summed E-state index contributed by atoms with van der Waals surface area (Å²) in [5.74, 6) is -0.188. The number of aryl methyl sites for hydroxylation is 1. The molecule has 0 aliphatic rings. The lowest BCUT2D eigenvalue weighted by Gasteiger charge is -2.12. The van der Waals surface area contributed by atoms with Gasteiger partial charge in [-0.25, -0.2) is 19.9 Å². The molecule has 1 amide bonds. The van der Waals surface area contributed by atoms with E-state index in [1.807, 2.05) is 47.8 Å². The van der Waals surface area contributed by atoms with E-state index in [-0.39, 0.29) is 28.4 Å². The summed E-state index contributed by atoms with van der Waals surface area (Å²) < 4.78 is 2.24. The number of nitrogens with zero attached hydrogens (tertiary/aromatic N) is 5. The van der Waals surface area contributed by atoms with Gasteiger partial charge >= 0.3 is 0 Å². The van der Waals surface area contributed by atoms with Crippen LogP contribution in [0.5, 0.6) is 0 Å². The minimum atomic E-state index is -0.277. The number of thiazole rings is 1. The number of carbonyl (C=O) groups is 1. The summed E-state index contributed by atoms with van der Waals surface area (Å²) in [6.07, 6.45) is 3.60. The van der Waals surface area contributed by atoms with Crippen LogP contribution in [0.1, 0.15) is 5.56 Å². The molecule has 35 heavy (non-hydrogen) atoms. The van der Waals surface area contributed by atoms with Crippen LogP contribution in [-0.2, 0) is 17.8 Å². The quantitative estimate of drug-likeness (QED) is 0.218. The van der Waals surface area contributed by atoms with E-state index in [2.05, 4.69) is 25.3 Å². The van der Waals surface area contributed by atoms with Crippen LogP contribution in [0.25, 0.3) is 21.7 Å². The number of nitrogens with one attached hydrogen (secondary N) is 1. The first kappa shape index (κ1) is 23.6. The number of fused-ring (bicyclic) bond motifs is 1. The molecule has 0 fully saturated rings. The van der Waals surface area contributed by atoms with Crippen molar-refractivity contribution in [3.63, 3.8) is 0 Å². The summed E-state index contributed by atoms with van der Waals surface area (Å²) in [5, 5.41) is 5.60. The first-order valence-corrected chi connectivity index (χ1v) is 13.5. The monoisotopic (exact) mass is 540 g/mol. The van der Waals surface area contributed by atoms with Gasteiger partial charge in [-0.2, -0.15) is 0 Å². The molecule has 0 atom stereocenters. The smallest absolute Gasteiger partial charge is 0.282 e. The van der Waals surface area contributed by atoms with E-state index in [0.717, 1.165) is 16.1 Å². The Kier molecular flexibility index (Phi) is 7.19. The standard InChI is InChI=1S/C23H17ClN6O2S3/c24-17-7-6-16(35-17)15-12-33-22(27-15)28-18(31)13-34-23-29-20-19(25-9-10-26-20)21(32)30(23)11-8-14-4-2-1-3-5-14/h1-7,9-10,12H,8,11,13H2,(H,27,28,31). The molecule has 4 aromatic heterocycles. The predicted octanol–water partition coefficient (Wildman–Crippen LogP) is 5.00. The molecular formula is C23H17ClN6O2S3. The fraction of sp³-hybridized carbons (Fsp3) is 0.130. The number of aromatic nitrogens is 5. The largest absolute Gasteiger partial charge is 0.301 e. The van der Waals surface area contributed by atoms with E-state index in [1.54, 1.807) is 4.57 Å². The number of thiophene rings is 1. The van der Waals surface area contributed by atoms with Crippen LogP contribution in [0.2, 0.25) is 4.34 Å². The van der Waals surface area contributed by atoms with Crippen LogP contribution in [0, 0.1) is 0 Å². The lowest BCUT2D eigenvalue weighted by atomic mass is 10.1. The summed E-state index contributed by atoms with van der Waals surface area (Å²) in [4.78, 5) is 44.0. The fourth-order valence-corrected chi connectivity index (χ4v) is 5.92. The lowest BCUT2D eigenvalue weighted by molar-refractivity contribution is -0.113. The van der Waals surface area contributed by atoms with Gasteiger partial charge in [0.2, 0.25) is 5.91 Å². The second-order valence-electron chi connectivity index (χ2n) is 7.29. The van der Waals surface area contributed by atoms with Gasteiger partial charge in [0.15, 0.2) is 21.5 Å². The van der Waals surface area contributed by atoms with Gasteiger partial charge in [-0.3, -0.25) is 14.2 Å². The number of rotatable bonds is 8. The molecule has 0 unspecified atom stereocenters. The SMILES string of the molecule is O=C(CSc1nc2nccnc2c(=O)n1CCc1ccccc1)Nc1nc(-c2ccc(Cl)s2)cs1. The van der Waals surface area contributed by atoms with Crippen LogP contribution in [0.4, 0.5) is 5.13 Å². The molecule has 4 heterocycles. The maximum Gasteiger partial charge on any atom is 0.282 e. The molecule has 0 radical (unpaired) electrons. The number of benzene rings is 1. The average Bonchev–Trinajstić information content (AvgIpc) is 3.52. The van der Waals surface area contributed by atoms with Crippen molar-refractivity contribution in [2.75, 3.05) is 11.1 Å². The Morgan fingerprint density at radius 2 is 1.91 bits per heavy atom. The Morgan fingerprint density at radius 1 is 1.09 bits per heavy atom. The number of thioether (sulfide) groups is 1. The first-order chi connectivity index (χ1) is 17.1.